The van der Waals surface area contributed by atoms with Crippen molar-refractivity contribution in [1.29, 1.82) is 0 Å². The summed E-state index contributed by atoms with van der Waals surface area (Å²) in [6.07, 6.45) is 7.28. The second kappa shape index (κ2) is 12.6. The standard InChI is InChI=1S/C31H34N2O3/c1-4-12-24-18-19-29(30(22-24)34-3)36-23-31-32-26-15-7-8-16-27(26)33(31)20-10-11-21-35-28-17-9-6-14-25(28)13-5-2/h4-9,14-19,22H,1-2,10-13,20-21,23H2,3H3. The molecule has 5 heteroatoms. The molecule has 0 aliphatic heterocycles. The van der Waals surface area contributed by atoms with Crippen LogP contribution in [-0.2, 0) is 26.0 Å². The van der Waals surface area contributed by atoms with E-state index in [2.05, 4.69) is 29.9 Å². The van der Waals surface area contributed by atoms with Gasteiger partial charge in [-0.1, -0.05) is 48.6 Å². The molecule has 186 valence electrons. The molecule has 0 unspecified atom stereocenters. The van der Waals surface area contributed by atoms with Crippen LogP contribution < -0.4 is 14.2 Å². The number of hydrogen-bond acceptors (Lipinski definition) is 4. The van der Waals surface area contributed by atoms with Crippen LogP contribution in [-0.4, -0.2) is 23.3 Å². The molecule has 5 nitrogen and oxygen atoms in total. The quantitative estimate of drug-likeness (QED) is 0.144. The average molecular weight is 483 g/mol. The molecule has 3 aromatic carbocycles. The predicted molar refractivity (Wildman–Crippen MR) is 146 cm³/mol. The van der Waals surface area contributed by atoms with E-state index in [4.69, 9.17) is 19.2 Å². The first-order chi connectivity index (χ1) is 17.7. The summed E-state index contributed by atoms with van der Waals surface area (Å²) in [7, 11) is 1.66. The molecule has 0 saturated carbocycles. The maximum atomic E-state index is 6.17. The fraction of sp³-hybridized carbons (Fsp3) is 0.258. The van der Waals surface area contributed by atoms with Gasteiger partial charge in [-0.3, -0.25) is 0 Å². The van der Waals surface area contributed by atoms with Gasteiger partial charge in [0.15, 0.2) is 11.5 Å². The fourth-order valence-electron chi connectivity index (χ4n) is 4.28. The summed E-state index contributed by atoms with van der Waals surface area (Å²) in [6, 6.07) is 22.3. The molecule has 0 aliphatic rings. The van der Waals surface area contributed by atoms with Crippen molar-refractivity contribution in [3.05, 3.63) is 109 Å². The molecule has 0 fully saturated rings. The smallest absolute Gasteiger partial charge is 0.161 e. The van der Waals surface area contributed by atoms with E-state index in [1.54, 1.807) is 7.11 Å². The molecule has 4 rings (SSSR count). The summed E-state index contributed by atoms with van der Waals surface area (Å²) < 4.78 is 20.0. The Morgan fingerprint density at radius 1 is 0.833 bits per heavy atom. The SMILES string of the molecule is C=CCc1ccc(OCc2nc3ccccc3n2CCCCOc2ccccc2CC=C)c(OC)c1. The third-order valence-electron chi connectivity index (χ3n) is 6.07. The highest BCUT2D eigenvalue weighted by Crippen LogP contribution is 2.29. The van der Waals surface area contributed by atoms with Crippen LogP contribution in [0.2, 0.25) is 0 Å². The van der Waals surface area contributed by atoms with Gasteiger partial charge in [-0.25, -0.2) is 4.98 Å². The zero-order valence-electron chi connectivity index (χ0n) is 21.0. The third-order valence-corrected chi connectivity index (χ3v) is 6.07. The lowest BCUT2D eigenvalue weighted by Crippen LogP contribution is -2.09. The van der Waals surface area contributed by atoms with Gasteiger partial charge in [-0.2, -0.15) is 0 Å². The number of hydrogen-bond donors (Lipinski definition) is 0. The number of benzene rings is 3. The minimum atomic E-state index is 0.358. The van der Waals surface area contributed by atoms with Gasteiger partial charge in [0.2, 0.25) is 0 Å². The number of aryl methyl sites for hydroxylation is 1. The number of fused-ring (bicyclic) bond motifs is 1. The number of methoxy groups -OCH3 is 1. The maximum Gasteiger partial charge on any atom is 0.161 e. The van der Waals surface area contributed by atoms with E-state index < -0.39 is 0 Å². The van der Waals surface area contributed by atoms with Crippen LogP contribution in [0.1, 0.15) is 29.8 Å². The van der Waals surface area contributed by atoms with Crippen LogP contribution in [0.5, 0.6) is 17.2 Å². The number of nitrogens with zero attached hydrogens (tertiary/aromatic N) is 2. The van der Waals surface area contributed by atoms with Crippen molar-refractivity contribution in [2.45, 2.75) is 38.8 Å². The summed E-state index contributed by atoms with van der Waals surface area (Å²) >= 11 is 0. The zero-order chi connectivity index (χ0) is 25.2. The molecule has 0 spiro atoms. The lowest BCUT2D eigenvalue weighted by molar-refractivity contribution is 0.269. The van der Waals surface area contributed by atoms with Crippen LogP contribution in [0.15, 0.2) is 92.0 Å². The molecule has 0 bridgehead atoms. The first kappa shape index (κ1) is 25.1. The molecule has 4 aromatic rings. The number of allylic oxidation sites excluding steroid dienone is 2. The van der Waals surface area contributed by atoms with Gasteiger partial charge in [-0.05, 0) is 67.1 Å². The van der Waals surface area contributed by atoms with Crippen molar-refractivity contribution in [2.75, 3.05) is 13.7 Å². The molecule has 0 radical (unpaired) electrons. The molecular formula is C31H34N2O3. The maximum absolute atomic E-state index is 6.17. The van der Waals surface area contributed by atoms with Crippen molar-refractivity contribution in [3.63, 3.8) is 0 Å². The van der Waals surface area contributed by atoms with Crippen LogP contribution in [0.3, 0.4) is 0 Å². The second-order valence-corrected chi connectivity index (χ2v) is 8.59. The Morgan fingerprint density at radius 3 is 2.47 bits per heavy atom. The normalized spacial score (nSPS) is 10.8. The monoisotopic (exact) mass is 482 g/mol. The highest BCUT2D eigenvalue weighted by atomic mass is 16.5. The molecule has 0 saturated heterocycles. The molecular weight excluding hydrogens is 448 g/mol. The summed E-state index contributed by atoms with van der Waals surface area (Å²) in [5, 5.41) is 0. The molecule has 0 atom stereocenters. The van der Waals surface area contributed by atoms with E-state index in [9.17, 15) is 0 Å². The summed E-state index contributed by atoms with van der Waals surface area (Å²) in [5.41, 5.74) is 4.39. The van der Waals surface area contributed by atoms with E-state index in [0.717, 1.165) is 60.4 Å². The highest BCUT2D eigenvalue weighted by Gasteiger charge is 2.13. The van der Waals surface area contributed by atoms with E-state index in [-0.39, 0.29) is 0 Å². The van der Waals surface area contributed by atoms with Crippen molar-refractivity contribution in [1.82, 2.24) is 9.55 Å². The zero-order valence-corrected chi connectivity index (χ0v) is 21.0. The lowest BCUT2D eigenvalue weighted by atomic mass is 10.1. The molecule has 36 heavy (non-hydrogen) atoms. The fourth-order valence-corrected chi connectivity index (χ4v) is 4.28. The van der Waals surface area contributed by atoms with Crippen molar-refractivity contribution in [2.24, 2.45) is 0 Å². The Hall–Kier alpha value is -3.99. The lowest BCUT2D eigenvalue weighted by Gasteiger charge is -2.14. The molecule has 1 heterocycles. The van der Waals surface area contributed by atoms with E-state index in [0.29, 0.717) is 24.7 Å². The minimum Gasteiger partial charge on any atom is -0.493 e. The van der Waals surface area contributed by atoms with Crippen LogP contribution in [0.4, 0.5) is 0 Å². The number of unbranched alkanes of at least 4 members (excludes halogenated alkanes) is 1. The van der Waals surface area contributed by atoms with Crippen molar-refractivity contribution in [3.8, 4) is 17.2 Å². The van der Waals surface area contributed by atoms with Gasteiger partial charge in [0.25, 0.3) is 0 Å². The Labute approximate surface area is 213 Å². The van der Waals surface area contributed by atoms with Crippen LogP contribution in [0.25, 0.3) is 11.0 Å². The largest absolute Gasteiger partial charge is 0.493 e. The highest BCUT2D eigenvalue weighted by molar-refractivity contribution is 5.75. The molecule has 0 aliphatic carbocycles. The van der Waals surface area contributed by atoms with Gasteiger partial charge >= 0.3 is 0 Å². The first-order valence-corrected chi connectivity index (χ1v) is 12.4. The van der Waals surface area contributed by atoms with Gasteiger partial charge in [0.05, 0.1) is 24.8 Å². The summed E-state index contributed by atoms with van der Waals surface area (Å²) in [6.45, 7) is 9.51. The Kier molecular flexibility index (Phi) is 8.82. The topological polar surface area (TPSA) is 45.5 Å². The van der Waals surface area contributed by atoms with Gasteiger partial charge in [0, 0.05) is 6.54 Å². The average Bonchev–Trinajstić information content (AvgIpc) is 3.26. The Bertz CT molecular complexity index is 1310. The Morgan fingerprint density at radius 2 is 1.64 bits per heavy atom. The van der Waals surface area contributed by atoms with Crippen molar-refractivity contribution >= 4 is 11.0 Å². The van der Waals surface area contributed by atoms with Gasteiger partial charge in [0.1, 0.15) is 18.2 Å². The number of rotatable bonds is 14. The number of ether oxygens (including phenoxy) is 3. The van der Waals surface area contributed by atoms with Crippen LogP contribution in [0, 0.1) is 0 Å². The van der Waals surface area contributed by atoms with Gasteiger partial charge < -0.3 is 18.8 Å². The summed E-state index contributed by atoms with van der Waals surface area (Å²) in [5.74, 6) is 3.25. The number of aromatic nitrogens is 2. The first-order valence-electron chi connectivity index (χ1n) is 12.4. The number of imidazole rings is 1. The third kappa shape index (κ3) is 6.16. The van der Waals surface area contributed by atoms with Crippen LogP contribution >= 0.6 is 0 Å². The van der Waals surface area contributed by atoms with Crippen molar-refractivity contribution < 1.29 is 14.2 Å². The van der Waals surface area contributed by atoms with Gasteiger partial charge in [-0.15, -0.1) is 13.2 Å². The molecule has 0 N–H and O–H groups in total. The van der Waals surface area contributed by atoms with E-state index in [1.807, 2.05) is 66.7 Å². The summed E-state index contributed by atoms with van der Waals surface area (Å²) in [4.78, 5) is 4.85. The van der Waals surface area contributed by atoms with E-state index in [1.165, 1.54) is 5.56 Å². The molecule has 1 aromatic heterocycles. The second-order valence-electron chi connectivity index (χ2n) is 8.59. The number of para-hydroxylation sites is 3. The Balaban J connectivity index is 1.40. The molecule has 0 amide bonds. The van der Waals surface area contributed by atoms with E-state index >= 15 is 0 Å². The minimum absolute atomic E-state index is 0.358. The predicted octanol–water partition coefficient (Wildman–Crippen LogP) is 6.94.